The Kier molecular flexibility index (Phi) is 6.01. The van der Waals surface area contributed by atoms with Crippen molar-refractivity contribution in [3.63, 3.8) is 0 Å². The van der Waals surface area contributed by atoms with Crippen LogP contribution in [0.3, 0.4) is 0 Å². The summed E-state index contributed by atoms with van der Waals surface area (Å²) >= 11 is 0. The van der Waals surface area contributed by atoms with Crippen molar-refractivity contribution in [1.82, 2.24) is 4.57 Å². The minimum Gasteiger partial charge on any atom is -0.310 e. The van der Waals surface area contributed by atoms with E-state index in [2.05, 4.69) is 195 Å². The number of rotatable bonds is 3. The van der Waals surface area contributed by atoms with E-state index in [-0.39, 0.29) is 10.8 Å². The predicted molar refractivity (Wildman–Crippen MR) is 211 cm³/mol. The highest BCUT2D eigenvalue weighted by Crippen LogP contribution is 2.55. The van der Waals surface area contributed by atoms with Crippen LogP contribution in [-0.4, -0.2) is 4.57 Å². The molecule has 0 saturated heterocycles. The molecule has 8 aromatic rings. The van der Waals surface area contributed by atoms with Crippen LogP contribution in [0.2, 0.25) is 0 Å². The Hall–Kier alpha value is -5.86. The number of para-hydroxylation sites is 3. The molecule has 240 valence electrons. The summed E-state index contributed by atoms with van der Waals surface area (Å²) in [6, 6.07) is 58.5. The fourth-order valence-electron chi connectivity index (χ4n) is 9.00. The molecule has 10 rings (SSSR count). The summed E-state index contributed by atoms with van der Waals surface area (Å²) in [7, 11) is 0. The van der Waals surface area contributed by atoms with E-state index >= 15 is 0 Å². The van der Waals surface area contributed by atoms with Gasteiger partial charge in [-0.15, -0.1) is 0 Å². The quantitative estimate of drug-likeness (QED) is 0.186. The Bertz CT molecular complexity index is 2650. The molecule has 2 aliphatic rings. The molecule has 1 aliphatic heterocycles. The normalized spacial score (nSPS) is 15.1. The van der Waals surface area contributed by atoms with Gasteiger partial charge < -0.3 is 9.47 Å². The second kappa shape index (κ2) is 10.3. The maximum absolute atomic E-state index is 2.50. The first-order chi connectivity index (χ1) is 24.3. The number of fused-ring (bicyclic) bond motifs is 8. The van der Waals surface area contributed by atoms with Crippen LogP contribution in [0.5, 0.6) is 0 Å². The molecule has 0 spiro atoms. The summed E-state index contributed by atoms with van der Waals surface area (Å²) in [5.74, 6) is 0. The second-order valence-electron chi connectivity index (χ2n) is 15.0. The maximum atomic E-state index is 2.50. The topological polar surface area (TPSA) is 8.17 Å². The largest absolute Gasteiger partial charge is 0.310 e. The van der Waals surface area contributed by atoms with Crippen LogP contribution in [0, 0.1) is 0 Å². The molecule has 2 heterocycles. The molecular weight excluding hydrogens is 605 g/mol. The van der Waals surface area contributed by atoms with Crippen LogP contribution in [-0.2, 0) is 10.8 Å². The number of aromatic nitrogens is 1. The predicted octanol–water partition coefficient (Wildman–Crippen LogP) is 12.9. The Balaban J connectivity index is 1.14. The first kappa shape index (κ1) is 29.1. The van der Waals surface area contributed by atoms with Gasteiger partial charge in [0.15, 0.2) is 0 Å². The van der Waals surface area contributed by atoms with E-state index in [1.165, 1.54) is 89.1 Å². The molecule has 0 amide bonds. The summed E-state index contributed by atoms with van der Waals surface area (Å²) < 4.78 is 2.38. The molecule has 2 nitrogen and oxygen atoms in total. The number of hydrogen-bond donors (Lipinski definition) is 0. The van der Waals surface area contributed by atoms with Gasteiger partial charge in [0.05, 0.1) is 22.4 Å². The Morgan fingerprint density at radius 3 is 1.86 bits per heavy atom. The molecule has 0 radical (unpaired) electrons. The molecule has 0 N–H and O–H groups in total. The van der Waals surface area contributed by atoms with Gasteiger partial charge in [0.1, 0.15) is 0 Å². The van der Waals surface area contributed by atoms with Crippen molar-refractivity contribution >= 4 is 38.9 Å². The van der Waals surface area contributed by atoms with E-state index in [0.717, 1.165) is 0 Å². The summed E-state index contributed by atoms with van der Waals surface area (Å²) in [4.78, 5) is 2.50. The molecule has 0 saturated carbocycles. The number of hydrogen-bond acceptors (Lipinski definition) is 1. The van der Waals surface area contributed by atoms with Crippen LogP contribution in [0.1, 0.15) is 49.9 Å². The highest BCUT2D eigenvalue weighted by Gasteiger charge is 2.39. The average Bonchev–Trinajstić information content (AvgIpc) is 3.60. The minimum atomic E-state index is -0.182. The molecular formula is C48H38N2. The molecule has 50 heavy (non-hydrogen) atoms. The van der Waals surface area contributed by atoms with Crippen LogP contribution in [0.4, 0.5) is 17.1 Å². The van der Waals surface area contributed by atoms with Crippen LogP contribution in [0.15, 0.2) is 158 Å². The molecule has 0 bridgehead atoms. The number of nitrogens with zero attached hydrogens (tertiary/aromatic N) is 2. The van der Waals surface area contributed by atoms with Crippen molar-refractivity contribution in [2.45, 2.75) is 38.5 Å². The van der Waals surface area contributed by atoms with E-state index in [0.29, 0.717) is 0 Å². The second-order valence-corrected chi connectivity index (χ2v) is 15.0. The summed E-state index contributed by atoms with van der Waals surface area (Å²) in [5.41, 5.74) is 17.7. The van der Waals surface area contributed by atoms with Gasteiger partial charge in [-0.2, -0.15) is 0 Å². The van der Waals surface area contributed by atoms with E-state index < -0.39 is 0 Å². The van der Waals surface area contributed by atoms with Crippen LogP contribution < -0.4 is 4.90 Å². The van der Waals surface area contributed by atoms with Crippen molar-refractivity contribution < 1.29 is 0 Å². The molecule has 0 atom stereocenters. The van der Waals surface area contributed by atoms with Gasteiger partial charge in [-0.05, 0) is 105 Å². The monoisotopic (exact) mass is 642 g/mol. The van der Waals surface area contributed by atoms with Crippen LogP contribution >= 0.6 is 0 Å². The van der Waals surface area contributed by atoms with Crippen molar-refractivity contribution in [2.24, 2.45) is 0 Å². The summed E-state index contributed by atoms with van der Waals surface area (Å²) in [6.07, 6.45) is 0. The van der Waals surface area contributed by atoms with Crippen molar-refractivity contribution in [3.8, 4) is 27.9 Å². The average molecular weight is 643 g/mol. The lowest BCUT2D eigenvalue weighted by Gasteiger charge is -2.42. The van der Waals surface area contributed by atoms with E-state index in [1.807, 2.05) is 0 Å². The molecule has 7 aromatic carbocycles. The first-order valence-electron chi connectivity index (χ1n) is 17.7. The molecule has 1 aliphatic carbocycles. The molecule has 0 unspecified atom stereocenters. The third-order valence-electron chi connectivity index (χ3n) is 11.6. The van der Waals surface area contributed by atoms with Gasteiger partial charge in [-0.1, -0.05) is 125 Å². The molecule has 1 aromatic heterocycles. The van der Waals surface area contributed by atoms with E-state index in [4.69, 9.17) is 0 Å². The number of anilines is 3. The van der Waals surface area contributed by atoms with E-state index in [1.54, 1.807) is 0 Å². The van der Waals surface area contributed by atoms with Crippen molar-refractivity contribution in [2.75, 3.05) is 4.90 Å². The highest BCUT2D eigenvalue weighted by atomic mass is 15.2. The standard InChI is InChI=1S/C48H38N2/c1-47(2)39-18-10-8-16-35(39)36-25-24-34(30-41(36)47)50-45-21-13-11-19-40(45)48(3,4)42-29-32(23-27-46(42)50)31-22-26-44-38(28-31)37-17-9-12-20-43(37)49(44)33-14-6-5-7-15-33/h5-30H,1-4H3. The zero-order valence-corrected chi connectivity index (χ0v) is 28.9. The van der Waals surface area contributed by atoms with Gasteiger partial charge in [-0.3, -0.25) is 0 Å². The lowest BCUT2D eigenvalue weighted by Crippen LogP contribution is -2.30. The maximum Gasteiger partial charge on any atom is 0.0541 e. The smallest absolute Gasteiger partial charge is 0.0541 e. The minimum absolute atomic E-state index is 0.0640. The van der Waals surface area contributed by atoms with Crippen LogP contribution in [0.25, 0.3) is 49.7 Å². The van der Waals surface area contributed by atoms with Gasteiger partial charge >= 0.3 is 0 Å². The Morgan fingerprint density at radius 1 is 0.380 bits per heavy atom. The first-order valence-corrected chi connectivity index (χ1v) is 17.7. The van der Waals surface area contributed by atoms with Gasteiger partial charge in [-0.25, -0.2) is 0 Å². The zero-order valence-electron chi connectivity index (χ0n) is 28.9. The molecule has 2 heteroatoms. The Morgan fingerprint density at radius 2 is 1.00 bits per heavy atom. The van der Waals surface area contributed by atoms with Gasteiger partial charge in [0, 0.05) is 33.0 Å². The van der Waals surface area contributed by atoms with Gasteiger partial charge in [0.2, 0.25) is 0 Å². The number of benzene rings is 7. The van der Waals surface area contributed by atoms with E-state index in [9.17, 15) is 0 Å². The third kappa shape index (κ3) is 3.96. The highest BCUT2D eigenvalue weighted by molar-refractivity contribution is 6.10. The van der Waals surface area contributed by atoms with Crippen molar-refractivity contribution in [1.29, 1.82) is 0 Å². The lowest BCUT2D eigenvalue weighted by molar-refractivity contribution is 0.632. The lowest BCUT2D eigenvalue weighted by atomic mass is 9.72. The SMILES string of the molecule is CC1(C)c2ccccc2-c2ccc(N3c4ccccc4C(C)(C)c4cc(-c5ccc6c(c5)c5ccccc5n6-c5ccccc5)ccc43)cc21. The third-order valence-corrected chi connectivity index (χ3v) is 11.6. The summed E-state index contributed by atoms with van der Waals surface area (Å²) in [5, 5.41) is 2.54. The summed E-state index contributed by atoms with van der Waals surface area (Å²) in [6.45, 7) is 9.49. The Labute approximate surface area is 293 Å². The van der Waals surface area contributed by atoms with Crippen molar-refractivity contribution in [3.05, 3.63) is 180 Å². The fourth-order valence-corrected chi connectivity index (χ4v) is 9.00. The zero-order chi connectivity index (χ0) is 33.8. The van der Waals surface area contributed by atoms with Gasteiger partial charge in [0.25, 0.3) is 0 Å². The molecule has 0 fully saturated rings. The fraction of sp³-hybridized carbons (Fsp3) is 0.125.